The normalized spacial score (nSPS) is 11.5. The Morgan fingerprint density at radius 1 is 0.609 bits per heavy atom. The lowest BCUT2D eigenvalue weighted by Crippen LogP contribution is -2.22. The highest BCUT2D eigenvalue weighted by Gasteiger charge is 2.11. The molecule has 0 rings (SSSR count). The molecule has 0 aliphatic rings. The number of hydrogen-bond acceptors (Lipinski definition) is 1. The van der Waals surface area contributed by atoms with Gasteiger partial charge in [-0.2, -0.15) is 0 Å². The van der Waals surface area contributed by atoms with Crippen LogP contribution in [0.4, 0.5) is 0 Å². The van der Waals surface area contributed by atoms with Crippen molar-refractivity contribution in [2.75, 3.05) is 0 Å². The van der Waals surface area contributed by atoms with Gasteiger partial charge in [-0.05, 0) is 19.1 Å². The summed E-state index contributed by atoms with van der Waals surface area (Å²) in [5.41, 5.74) is 0. The number of rotatable bonds is 4. The summed E-state index contributed by atoms with van der Waals surface area (Å²) in [4.78, 5) is 8.97. The second kappa shape index (κ2) is 16.3. The van der Waals surface area contributed by atoms with Crippen LogP contribution in [0.1, 0.15) is 27.7 Å². The average Bonchev–Trinajstić information content (AvgIpc) is 2.38. The van der Waals surface area contributed by atoms with Gasteiger partial charge >= 0.3 is 0 Å². The van der Waals surface area contributed by atoms with Crippen molar-refractivity contribution in [3.05, 3.63) is 0 Å². The van der Waals surface area contributed by atoms with E-state index in [4.69, 9.17) is 4.80 Å². The second-order valence-electron chi connectivity index (χ2n) is 9.80. The van der Waals surface area contributed by atoms with Crippen molar-refractivity contribution < 1.29 is 4.80 Å². The van der Waals surface area contributed by atoms with E-state index in [1.807, 2.05) is 20.0 Å². The summed E-state index contributed by atoms with van der Waals surface area (Å²) in [7, 11) is -3.04. The van der Waals surface area contributed by atoms with Gasteiger partial charge in [0.05, 0.1) is 0 Å². The van der Waals surface area contributed by atoms with Gasteiger partial charge in [0.1, 0.15) is 0 Å². The van der Waals surface area contributed by atoms with Gasteiger partial charge in [0.25, 0.3) is 0 Å². The summed E-state index contributed by atoms with van der Waals surface area (Å²) in [6, 6.07) is 5.23. The molecule has 1 nitrogen and oxygen atoms in total. The Balaban J connectivity index is -0.000000105. The largest absolute Gasteiger partial charge is 0.432 e. The fourth-order valence-electron chi connectivity index (χ4n) is 0. The first-order valence-electron chi connectivity index (χ1n) is 9.68. The first-order valence-corrected chi connectivity index (χ1v) is 23.4. The topological polar surface area (TPSA) is 20.2 Å². The highest BCUT2D eigenvalue weighted by atomic mass is 28.4. The molecule has 0 heterocycles. The Kier molecular flexibility index (Phi) is 22.4. The molecule has 0 atom stereocenters. The fraction of sp³-hybridized carbons (Fsp3) is 1.00. The highest BCUT2D eigenvalue weighted by molar-refractivity contribution is 6.76. The molecule has 0 fully saturated rings. The van der Waals surface area contributed by atoms with Crippen molar-refractivity contribution >= 4 is 33.3 Å². The van der Waals surface area contributed by atoms with Crippen molar-refractivity contribution in [1.29, 1.82) is 0 Å². The molecule has 0 aromatic rings. The van der Waals surface area contributed by atoms with Gasteiger partial charge in [0.15, 0.2) is 8.32 Å². The first kappa shape index (κ1) is 31.6. The Hall–Kier alpha value is 0.828. The van der Waals surface area contributed by atoms with Gasteiger partial charge in [0, 0.05) is 24.9 Å². The van der Waals surface area contributed by atoms with Crippen LogP contribution in [-0.2, 0) is 0 Å². The standard InChI is InChI=1S/2C5H14Si.C4H12OSi.C4H12Si/c2*1-5-6(2,3)4;1-4-6(2,3)5;1-4-5(2)3/h2*5H2,1-4H3;5H,4H2,1-3H3;5H,4H2,1-3H3. The highest BCUT2D eigenvalue weighted by Crippen LogP contribution is 2.05. The molecule has 23 heavy (non-hydrogen) atoms. The SMILES string of the molecule is CC[SiH](C)C.CC[Si](C)(C)C.CC[Si](C)(C)C.CC[Si](C)(C)O. The van der Waals surface area contributed by atoms with Crippen LogP contribution >= 0.6 is 0 Å². The maximum absolute atomic E-state index is 8.97. The van der Waals surface area contributed by atoms with Crippen LogP contribution in [0.3, 0.4) is 0 Å². The van der Waals surface area contributed by atoms with Gasteiger partial charge in [-0.15, -0.1) is 0 Å². The molecule has 0 aliphatic heterocycles. The summed E-state index contributed by atoms with van der Waals surface area (Å²) < 4.78 is 0. The van der Waals surface area contributed by atoms with E-state index >= 15 is 0 Å². The fourth-order valence-corrected chi connectivity index (χ4v) is 0. The van der Waals surface area contributed by atoms with Gasteiger partial charge in [-0.3, -0.25) is 0 Å². The van der Waals surface area contributed by atoms with Crippen LogP contribution in [-0.4, -0.2) is 38.1 Å². The molecule has 146 valence electrons. The van der Waals surface area contributed by atoms with E-state index in [-0.39, 0.29) is 8.80 Å². The Morgan fingerprint density at radius 2 is 0.739 bits per heavy atom. The second-order valence-corrected chi connectivity index (χ2v) is 29.4. The van der Waals surface area contributed by atoms with Crippen molar-refractivity contribution in [2.45, 2.75) is 117 Å². The van der Waals surface area contributed by atoms with Gasteiger partial charge in [-0.1, -0.05) is 98.2 Å². The van der Waals surface area contributed by atoms with E-state index in [1.54, 1.807) is 0 Å². The molecule has 0 bridgehead atoms. The first-order chi connectivity index (χ1) is 9.95. The summed E-state index contributed by atoms with van der Waals surface area (Å²) in [6.45, 7) is 31.7. The third-order valence-corrected chi connectivity index (χ3v) is 11.4. The van der Waals surface area contributed by atoms with E-state index < -0.39 is 24.5 Å². The van der Waals surface area contributed by atoms with Gasteiger partial charge in [0.2, 0.25) is 0 Å². The minimum Gasteiger partial charge on any atom is -0.432 e. The van der Waals surface area contributed by atoms with Crippen LogP contribution < -0.4 is 0 Å². The van der Waals surface area contributed by atoms with Crippen LogP contribution in [0, 0.1) is 0 Å². The molecule has 0 aliphatic carbocycles. The zero-order valence-electron chi connectivity index (χ0n) is 19.4. The van der Waals surface area contributed by atoms with Crippen molar-refractivity contribution in [1.82, 2.24) is 0 Å². The van der Waals surface area contributed by atoms with E-state index in [1.165, 1.54) is 18.1 Å². The summed E-state index contributed by atoms with van der Waals surface area (Å²) in [5, 5.41) is 0. The van der Waals surface area contributed by atoms with Crippen LogP contribution in [0.2, 0.25) is 89.6 Å². The molecular weight excluding hydrogens is 345 g/mol. The molecular formula is C18H52OSi4. The maximum atomic E-state index is 8.97. The molecule has 0 saturated heterocycles. The van der Waals surface area contributed by atoms with Gasteiger partial charge in [-0.25, -0.2) is 0 Å². The van der Waals surface area contributed by atoms with Crippen molar-refractivity contribution in [3.8, 4) is 0 Å². The predicted octanol–water partition coefficient (Wildman–Crippen LogP) is 7.39. The Labute approximate surface area is 155 Å². The zero-order valence-corrected chi connectivity index (χ0v) is 23.5. The average molecular weight is 397 g/mol. The van der Waals surface area contributed by atoms with E-state index in [9.17, 15) is 0 Å². The van der Waals surface area contributed by atoms with Crippen LogP contribution in [0.15, 0.2) is 0 Å². The lowest BCUT2D eigenvalue weighted by atomic mass is 11.0. The zero-order chi connectivity index (χ0) is 19.9. The van der Waals surface area contributed by atoms with E-state index in [0.717, 1.165) is 6.04 Å². The molecule has 0 unspecified atom stereocenters. The minimum atomic E-state index is -1.63. The summed E-state index contributed by atoms with van der Waals surface area (Å²) in [5.74, 6) is 0. The lowest BCUT2D eigenvalue weighted by molar-refractivity contribution is 0.551. The number of hydrogen-bond donors (Lipinski definition) is 1. The van der Waals surface area contributed by atoms with E-state index in [0.29, 0.717) is 0 Å². The molecule has 0 spiro atoms. The minimum absolute atomic E-state index is 0.150. The molecule has 0 radical (unpaired) electrons. The third kappa shape index (κ3) is 70.8. The monoisotopic (exact) mass is 396 g/mol. The molecule has 0 aromatic carbocycles. The molecule has 5 heteroatoms. The van der Waals surface area contributed by atoms with Crippen molar-refractivity contribution in [2.24, 2.45) is 0 Å². The quantitative estimate of drug-likeness (QED) is 0.491. The van der Waals surface area contributed by atoms with Crippen LogP contribution in [0.25, 0.3) is 0 Å². The van der Waals surface area contributed by atoms with Gasteiger partial charge < -0.3 is 4.80 Å². The third-order valence-electron chi connectivity index (χ3n) is 3.80. The summed E-state index contributed by atoms with van der Waals surface area (Å²) >= 11 is 0. The predicted molar refractivity (Wildman–Crippen MR) is 127 cm³/mol. The Bertz CT molecular complexity index is 189. The summed E-state index contributed by atoms with van der Waals surface area (Å²) in [6.07, 6.45) is 0. The molecule has 0 saturated carbocycles. The molecule has 1 N–H and O–H groups in total. The smallest absolute Gasteiger partial charge is 0.182 e. The lowest BCUT2D eigenvalue weighted by Gasteiger charge is -2.09. The van der Waals surface area contributed by atoms with Crippen LogP contribution in [0.5, 0.6) is 0 Å². The van der Waals surface area contributed by atoms with Crippen molar-refractivity contribution in [3.63, 3.8) is 0 Å². The molecule has 0 aromatic heterocycles. The molecule has 0 amide bonds. The van der Waals surface area contributed by atoms with E-state index in [2.05, 4.69) is 73.1 Å². The Morgan fingerprint density at radius 3 is 0.739 bits per heavy atom. The maximum Gasteiger partial charge on any atom is 0.182 e.